The fourth-order valence-corrected chi connectivity index (χ4v) is 4.81. The number of piperidine rings is 1. The smallest absolute Gasteiger partial charge is 0.411 e. The monoisotopic (exact) mass is 498 g/mol. The lowest BCUT2D eigenvalue weighted by Gasteiger charge is -2.34. The number of Topliss-reactive ketones (excluding diaryl/α,β-unsaturated/α-hetero) is 1. The number of likely N-dealkylation sites (tertiary alicyclic amines) is 2. The molecule has 11 heteroatoms. The first-order valence-electron chi connectivity index (χ1n) is 11.8. The molecule has 3 fully saturated rings. The second kappa shape index (κ2) is 9.66. The predicted octanol–water partition coefficient (Wildman–Crippen LogP) is 3.14. The van der Waals surface area contributed by atoms with Crippen molar-refractivity contribution in [2.24, 2.45) is 11.3 Å². The van der Waals surface area contributed by atoms with Crippen molar-refractivity contribution in [1.29, 1.82) is 0 Å². The van der Waals surface area contributed by atoms with Crippen LogP contribution < -0.4 is 0 Å². The lowest BCUT2D eigenvalue weighted by Crippen LogP contribution is -2.50. The number of carbonyl (C=O) groups is 5. The summed E-state index contributed by atoms with van der Waals surface area (Å²) in [5.74, 6) is -2.29. The molecule has 0 aromatic carbocycles. The van der Waals surface area contributed by atoms with E-state index >= 15 is 0 Å². The normalized spacial score (nSPS) is 27.3. The van der Waals surface area contributed by atoms with Crippen molar-refractivity contribution in [3.63, 3.8) is 0 Å². The minimum atomic E-state index is -1.20. The minimum Gasteiger partial charge on any atom is -0.480 e. The highest BCUT2D eigenvalue weighted by Gasteiger charge is 2.54. The van der Waals surface area contributed by atoms with Crippen LogP contribution in [-0.2, 0) is 23.9 Å². The van der Waals surface area contributed by atoms with Gasteiger partial charge in [0.05, 0.1) is 12.0 Å². The summed E-state index contributed by atoms with van der Waals surface area (Å²) in [6.07, 6.45) is 1.34. The lowest BCUT2D eigenvalue weighted by atomic mass is 9.84. The molecule has 2 bridgehead atoms. The van der Waals surface area contributed by atoms with Gasteiger partial charge in [-0.05, 0) is 66.7 Å². The van der Waals surface area contributed by atoms with Gasteiger partial charge in [0.25, 0.3) is 0 Å². The molecule has 2 amide bonds. The molecule has 2 unspecified atom stereocenters. The Balaban J connectivity index is 0.000000247. The summed E-state index contributed by atoms with van der Waals surface area (Å²) in [5, 5.41) is 18.4. The zero-order valence-corrected chi connectivity index (χ0v) is 21.8. The van der Waals surface area contributed by atoms with E-state index in [0.29, 0.717) is 0 Å². The van der Waals surface area contributed by atoms with Crippen LogP contribution in [-0.4, -0.2) is 85.8 Å². The van der Waals surface area contributed by atoms with Gasteiger partial charge >= 0.3 is 24.1 Å². The summed E-state index contributed by atoms with van der Waals surface area (Å²) < 4.78 is 10.4. The van der Waals surface area contributed by atoms with E-state index < -0.39 is 52.8 Å². The molecule has 3 rings (SSSR count). The fourth-order valence-electron chi connectivity index (χ4n) is 4.81. The number of ether oxygens (including phenoxy) is 2. The van der Waals surface area contributed by atoms with Crippen molar-refractivity contribution in [2.45, 2.75) is 104 Å². The summed E-state index contributed by atoms with van der Waals surface area (Å²) in [5.41, 5.74) is -2.40. The van der Waals surface area contributed by atoms with Crippen LogP contribution in [0.3, 0.4) is 0 Å². The first-order valence-corrected chi connectivity index (χ1v) is 11.8. The van der Waals surface area contributed by atoms with Gasteiger partial charge < -0.3 is 19.7 Å². The number of ketones is 1. The molecule has 0 spiro atoms. The van der Waals surface area contributed by atoms with Crippen molar-refractivity contribution in [3.8, 4) is 0 Å². The van der Waals surface area contributed by atoms with E-state index in [4.69, 9.17) is 9.47 Å². The van der Waals surface area contributed by atoms with E-state index in [0.717, 1.165) is 24.2 Å². The zero-order valence-electron chi connectivity index (χ0n) is 21.8. The van der Waals surface area contributed by atoms with E-state index in [1.54, 1.807) is 41.5 Å². The third kappa shape index (κ3) is 6.43. The van der Waals surface area contributed by atoms with Gasteiger partial charge in [0.15, 0.2) is 5.78 Å². The maximum absolute atomic E-state index is 12.0. The summed E-state index contributed by atoms with van der Waals surface area (Å²) in [6, 6.07) is -1.82. The number of carboxylic acid groups (broad SMARTS) is 2. The Morgan fingerprint density at radius 3 is 1.86 bits per heavy atom. The van der Waals surface area contributed by atoms with Gasteiger partial charge in [-0.15, -0.1) is 0 Å². The Hall–Kier alpha value is -2.85. The molecule has 3 aliphatic rings. The van der Waals surface area contributed by atoms with E-state index in [1.165, 1.54) is 18.7 Å². The Morgan fingerprint density at radius 1 is 0.886 bits per heavy atom. The average Bonchev–Trinajstić information content (AvgIpc) is 3.31. The Kier molecular flexibility index (Phi) is 7.83. The second-order valence-corrected chi connectivity index (χ2v) is 11.9. The summed E-state index contributed by atoms with van der Waals surface area (Å²) in [7, 11) is 0. The Labute approximate surface area is 205 Å². The molecule has 1 saturated carbocycles. The average molecular weight is 499 g/mol. The quantitative estimate of drug-likeness (QED) is 0.585. The molecular weight excluding hydrogens is 460 g/mol. The number of rotatable bonds is 2. The number of carboxylic acids is 2. The van der Waals surface area contributed by atoms with Gasteiger partial charge in [-0.1, -0.05) is 13.8 Å². The van der Waals surface area contributed by atoms with Crippen LogP contribution in [0.1, 0.15) is 74.7 Å². The third-order valence-electron chi connectivity index (χ3n) is 6.33. The van der Waals surface area contributed by atoms with Crippen molar-refractivity contribution in [1.82, 2.24) is 9.80 Å². The molecule has 198 valence electrons. The van der Waals surface area contributed by atoms with Crippen molar-refractivity contribution in [2.75, 3.05) is 6.54 Å². The van der Waals surface area contributed by atoms with E-state index in [9.17, 15) is 34.2 Å². The molecule has 11 nitrogen and oxygen atoms in total. The van der Waals surface area contributed by atoms with Crippen LogP contribution >= 0.6 is 0 Å². The van der Waals surface area contributed by atoms with Crippen molar-refractivity contribution < 1.29 is 43.7 Å². The molecule has 1 aliphatic carbocycles. The highest BCUT2D eigenvalue weighted by Crippen LogP contribution is 2.43. The van der Waals surface area contributed by atoms with Crippen LogP contribution in [0.15, 0.2) is 0 Å². The molecule has 2 N–H and O–H groups in total. The molecule has 4 atom stereocenters. The van der Waals surface area contributed by atoms with Gasteiger partial charge in [0.1, 0.15) is 23.3 Å². The van der Waals surface area contributed by atoms with Gasteiger partial charge in [0, 0.05) is 6.04 Å². The first kappa shape index (κ1) is 28.4. The number of nitrogens with zero attached hydrogens (tertiary/aromatic N) is 2. The summed E-state index contributed by atoms with van der Waals surface area (Å²) in [4.78, 5) is 60.6. The Bertz CT molecular complexity index is 884. The molecule has 2 saturated heterocycles. The lowest BCUT2D eigenvalue weighted by molar-refractivity contribution is -0.146. The molecule has 0 aromatic heterocycles. The number of aliphatic carboxylic acids is 2. The largest absolute Gasteiger partial charge is 0.480 e. The standard InChI is InChI=1S/C12H19NO5.C12H19NO4/c1-11(2,3)18-10(17)13-6-7(14)12(4,5)8(13)9(15)16;1-12(2,3)17-11(16)13-8-5-4-7(6-8)9(13)10(14)15/h8H,6H2,1-5H3,(H,15,16);7-9H,4-6H2,1-3H3,(H,14,15)/t8-;7?,8?,9-/m10/s1. The molecule has 2 heterocycles. The van der Waals surface area contributed by atoms with Crippen LogP contribution in [0.5, 0.6) is 0 Å². The van der Waals surface area contributed by atoms with Crippen molar-refractivity contribution in [3.05, 3.63) is 0 Å². The van der Waals surface area contributed by atoms with Crippen LogP contribution in [0.25, 0.3) is 0 Å². The maximum Gasteiger partial charge on any atom is 0.411 e. The minimum absolute atomic E-state index is 0.0518. The van der Waals surface area contributed by atoms with Crippen LogP contribution in [0.2, 0.25) is 0 Å². The van der Waals surface area contributed by atoms with Gasteiger partial charge in [-0.2, -0.15) is 0 Å². The Morgan fingerprint density at radius 2 is 1.40 bits per heavy atom. The van der Waals surface area contributed by atoms with Gasteiger partial charge in [0.2, 0.25) is 0 Å². The van der Waals surface area contributed by atoms with Crippen LogP contribution in [0.4, 0.5) is 9.59 Å². The van der Waals surface area contributed by atoms with E-state index in [-0.39, 0.29) is 24.3 Å². The second-order valence-electron chi connectivity index (χ2n) is 11.9. The SMILES string of the molecule is CC(C)(C)OC(=O)N1C2CCC(C2)[C@H]1C(=O)O.CC(C)(C)OC(=O)N1CC(=O)C(C)(C)[C@H]1C(=O)O. The van der Waals surface area contributed by atoms with E-state index in [2.05, 4.69) is 0 Å². The van der Waals surface area contributed by atoms with Crippen molar-refractivity contribution >= 4 is 29.9 Å². The fraction of sp³-hybridized carbons (Fsp3) is 0.792. The van der Waals surface area contributed by atoms with Crippen LogP contribution in [0, 0.1) is 11.3 Å². The predicted molar refractivity (Wildman–Crippen MR) is 124 cm³/mol. The first-order chi connectivity index (χ1) is 15.8. The number of amides is 2. The third-order valence-corrected chi connectivity index (χ3v) is 6.33. The number of carbonyl (C=O) groups excluding carboxylic acids is 3. The molecular formula is C24H38N2O9. The highest BCUT2D eigenvalue weighted by molar-refractivity contribution is 5.99. The maximum atomic E-state index is 12.0. The molecule has 2 aliphatic heterocycles. The zero-order chi connectivity index (χ0) is 27.1. The van der Waals surface area contributed by atoms with Gasteiger partial charge in [-0.25, -0.2) is 19.2 Å². The molecule has 0 radical (unpaired) electrons. The summed E-state index contributed by atoms with van der Waals surface area (Å²) in [6.45, 7) is 13.2. The summed E-state index contributed by atoms with van der Waals surface area (Å²) >= 11 is 0. The number of hydrogen-bond donors (Lipinski definition) is 2. The number of fused-ring (bicyclic) bond motifs is 2. The number of hydrogen-bond acceptors (Lipinski definition) is 7. The highest BCUT2D eigenvalue weighted by atomic mass is 16.6. The van der Waals surface area contributed by atoms with E-state index in [1.807, 2.05) is 0 Å². The van der Waals surface area contributed by atoms with Gasteiger partial charge in [-0.3, -0.25) is 14.6 Å². The topological polar surface area (TPSA) is 151 Å². The molecule has 0 aromatic rings. The molecule has 35 heavy (non-hydrogen) atoms.